The minimum atomic E-state index is -0.348. The van der Waals surface area contributed by atoms with E-state index in [0.29, 0.717) is 34.2 Å². The first-order chi connectivity index (χ1) is 15.0. The zero-order valence-corrected chi connectivity index (χ0v) is 18.3. The molecule has 1 aliphatic rings. The van der Waals surface area contributed by atoms with E-state index in [1.54, 1.807) is 42.0 Å². The Hall–Kier alpha value is -2.83. The molecule has 0 bridgehead atoms. The van der Waals surface area contributed by atoms with Crippen LogP contribution in [0.5, 0.6) is 5.75 Å². The molecule has 4 rings (SSSR count). The lowest BCUT2D eigenvalue weighted by atomic mass is 10.1. The second-order valence-corrected chi connectivity index (χ2v) is 8.03. The van der Waals surface area contributed by atoms with Gasteiger partial charge in [0, 0.05) is 28.3 Å². The quantitative estimate of drug-likeness (QED) is 0.524. The lowest BCUT2D eigenvalue weighted by Crippen LogP contribution is -2.19. The first-order valence-electron chi connectivity index (χ1n) is 10.2. The molecule has 0 saturated carbocycles. The highest BCUT2D eigenvalue weighted by molar-refractivity contribution is 6.30. The Balaban J connectivity index is 1.68. The van der Waals surface area contributed by atoms with E-state index in [-0.39, 0.29) is 31.0 Å². The molecule has 0 amide bonds. The molecule has 1 fully saturated rings. The lowest BCUT2D eigenvalue weighted by molar-refractivity contribution is -0.146. The maximum absolute atomic E-state index is 13.3. The van der Waals surface area contributed by atoms with E-state index in [0.717, 1.165) is 23.8 Å². The average Bonchev–Trinajstić information content (AvgIpc) is 3.39. The first kappa shape index (κ1) is 21.4. The van der Waals surface area contributed by atoms with Crippen LogP contribution in [-0.2, 0) is 20.7 Å². The van der Waals surface area contributed by atoms with Gasteiger partial charge in [0.15, 0.2) is 0 Å². The zero-order chi connectivity index (χ0) is 22.0. The maximum Gasteiger partial charge on any atom is 0.310 e. The second kappa shape index (κ2) is 9.12. The second-order valence-electron chi connectivity index (χ2n) is 7.59. The van der Waals surface area contributed by atoms with Crippen LogP contribution in [0.2, 0.25) is 5.02 Å². The number of benzene rings is 2. The van der Waals surface area contributed by atoms with Gasteiger partial charge in [0.2, 0.25) is 0 Å². The standard InChI is InChI=1S/C24H24ClNO5/c1-15-20(13-23(27)31-14-19-4-3-11-30-19)21-12-18(29-2)9-10-22(21)26(15)24(28)16-5-7-17(25)8-6-16/h5-10,12,19H,3-4,11,13-14H2,1-2H3/t19-/m1/s1. The third kappa shape index (κ3) is 4.45. The number of hydrogen-bond acceptors (Lipinski definition) is 5. The van der Waals surface area contributed by atoms with Crippen LogP contribution >= 0.6 is 11.6 Å². The summed E-state index contributed by atoms with van der Waals surface area (Å²) in [5, 5.41) is 1.35. The van der Waals surface area contributed by atoms with Crippen molar-refractivity contribution in [3.8, 4) is 5.75 Å². The molecule has 1 atom stereocenters. The van der Waals surface area contributed by atoms with E-state index in [4.69, 9.17) is 25.8 Å². The number of methoxy groups -OCH3 is 1. The molecule has 3 aromatic rings. The molecule has 0 spiro atoms. The van der Waals surface area contributed by atoms with Gasteiger partial charge in [0.25, 0.3) is 5.91 Å². The first-order valence-corrected chi connectivity index (χ1v) is 10.6. The number of ether oxygens (including phenoxy) is 3. The van der Waals surface area contributed by atoms with Crippen molar-refractivity contribution >= 4 is 34.4 Å². The summed E-state index contributed by atoms with van der Waals surface area (Å²) in [4.78, 5) is 25.9. The van der Waals surface area contributed by atoms with E-state index in [2.05, 4.69) is 0 Å². The Morgan fingerprint density at radius 2 is 1.97 bits per heavy atom. The Morgan fingerprint density at radius 3 is 2.65 bits per heavy atom. The highest BCUT2D eigenvalue weighted by Crippen LogP contribution is 2.31. The number of halogens is 1. The molecule has 0 N–H and O–H groups in total. The predicted molar refractivity (Wildman–Crippen MR) is 118 cm³/mol. The fourth-order valence-electron chi connectivity index (χ4n) is 3.95. The van der Waals surface area contributed by atoms with Gasteiger partial charge in [-0.3, -0.25) is 14.2 Å². The van der Waals surface area contributed by atoms with Crippen LogP contribution in [-0.4, -0.2) is 42.9 Å². The van der Waals surface area contributed by atoms with Crippen molar-refractivity contribution in [2.75, 3.05) is 20.3 Å². The van der Waals surface area contributed by atoms with Crippen molar-refractivity contribution in [1.82, 2.24) is 4.57 Å². The van der Waals surface area contributed by atoms with Gasteiger partial charge in [-0.05, 0) is 67.8 Å². The largest absolute Gasteiger partial charge is 0.497 e. The van der Waals surface area contributed by atoms with Crippen LogP contribution in [0.3, 0.4) is 0 Å². The fourth-order valence-corrected chi connectivity index (χ4v) is 4.08. The number of carbonyl (C=O) groups excluding carboxylic acids is 2. The molecule has 162 valence electrons. The van der Waals surface area contributed by atoms with Gasteiger partial charge in [-0.2, -0.15) is 0 Å². The molecule has 0 unspecified atom stereocenters. The van der Waals surface area contributed by atoms with E-state index in [9.17, 15) is 9.59 Å². The summed E-state index contributed by atoms with van der Waals surface area (Å²) in [5.41, 5.74) is 2.65. The van der Waals surface area contributed by atoms with Gasteiger partial charge in [-0.1, -0.05) is 11.6 Å². The highest BCUT2D eigenvalue weighted by Gasteiger charge is 2.23. The van der Waals surface area contributed by atoms with Crippen molar-refractivity contribution in [3.63, 3.8) is 0 Å². The number of hydrogen-bond donors (Lipinski definition) is 0. The Bertz CT molecular complexity index is 1110. The summed E-state index contributed by atoms with van der Waals surface area (Å²) in [7, 11) is 1.58. The molecule has 31 heavy (non-hydrogen) atoms. The number of rotatable bonds is 6. The molecule has 0 aliphatic carbocycles. The van der Waals surface area contributed by atoms with E-state index in [1.165, 1.54) is 0 Å². The molecule has 0 radical (unpaired) electrons. The SMILES string of the molecule is COc1ccc2c(c1)c(CC(=O)OC[C@H]1CCCO1)c(C)n2C(=O)c1ccc(Cl)cc1. The monoisotopic (exact) mass is 441 g/mol. The molecule has 2 heterocycles. The van der Waals surface area contributed by atoms with Crippen molar-refractivity contribution in [1.29, 1.82) is 0 Å². The van der Waals surface area contributed by atoms with Crippen LogP contribution in [0.25, 0.3) is 10.9 Å². The topological polar surface area (TPSA) is 66.8 Å². The molecular weight excluding hydrogens is 418 g/mol. The Labute approximate surface area is 185 Å². The number of carbonyl (C=O) groups is 2. The number of nitrogens with zero attached hydrogens (tertiary/aromatic N) is 1. The molecule has 1 aromatic heterocycles. The summed E-state index contributed by atoms with van der Waals surface area (Å²) in [6.45, 7) is 2.80. The maximum atomic E-state index is 13.3. The Morgan fingerprint density at radius 1 is 1.19 bits per heavy atom. The van der Waals surface area contributed by atoms with E-state index >= 15 is 0 Å². The van der Waals surface area contributed by atoms with Gasteiger partial charge in [0.1, 0.15) is 12.4 Å². The van der Waals surface area contributed by atoms with E-state index in [1.807, 2.05) is 19.1 Å². The van der Waals surface area contributed by atoms with E-state index < -0.39 is 0 Å². The van der Waals surface area contributed by atoms with Crippen LogP contribution in [0.4, 0.5) is 0 Å². The van der Waals surface area contributed by atoms with Crippen LogP contribution in [0, 0.1) is 6.92 Å². The zero-order valence-electron chi connectivity index (χ0n) is 17.5. The summed E-state index contributed by atoms with van der Waals surface area (Å²) in [5.74, 6) is 0.111. The van der Waals surface area contributed by atoms with Crippen molar-refractivity contribution in [3.05, 3.63) is 64.3 Å². The molecule has 2 aromatic carbocycles. The molecule has 1 saturated heterocycles. The summed E-state index contributed by atoms with van der Waals surface area (Å²) < 4.78 is 18.0. The molecule has 1 aliphatic heterocycles. The minimum absolute atomic E-state index is 0.0297. The smallest absolute Gasteiger partial charge is 0.310 e. The predicted octanol–water partition coefficient (Wildman–Crippen LogP) is 4.56. The number of esters is 1. The van der Waals surface area contributed by atoms with Crippen LogP contribution in [0.1, 0.15) is 34.5 Å². The van der Waals surface area contributed by atoms with Gasteiger partial charge in [0.05, 0.1) is 25.2 Å². The van der Waals surface area contributed by atoms with Crippen molar-refractivity contribution in [2.45, 2.75) is 32.3 Å². The fraction of sp³-hybridized carbons (Fsp3) is 0.333. The third-order valence-corrected chi connectivity index (χ3v) is 5.86. The minimum Gasteiger partial charge on any atom is -0.497 e. The van der Waals surface area contributed by atoms with Crippen LogP contribution < -0.4 is 4.74 Å². The third-order valence-electron chi connectivity index (χ3n) is 5.61. The normalized spacial score (nSPS) is 15.9. The highest BCUT2D eigenvalue weighted by atomic mass is 35.5. The average molecular weight is 442 g/mol. The van der Waals surface area contributed by atoms with Crippen molar-refractivity contribution < 1.29 is 23.8 Å². The Kier molecular flexibility index (Phi) is 6.30. The van der Waals surface area contributed by atoms with Crippen LogP contribution in [0.15, 0.2) is 42.5 Å². The lowest BCUT2D eigenvalue weighted by Gasteiger charge is -2.10. The summed E-state index contributed by atoms with van der Waals surface area (Å²) in [6, 6.07) is 12.2. The van der Waals surface area contributed by atoms with Gasteiger partial charge >= 0.3 is 5.97 Å². The van der Waals surface area contributed by atoms with Gasteiger partial charge in [-0.25, -0.2) is 0 Å². The molecule has 6 nitrogen and oxygen atoms in total. The molecule has 7 heteroatoms. The number of fused-ring (bicyclic) bond motifs is 1. The van der Waals surface area contributed by atoms with Gasteiger partial charge in [-0.15, -0.1) is 0 Å². The van der Waals surface area contributed by atoms with Crippen molar-refractivity contribution in [2.24, 2.45) is 0 Å². The summed E-state index contributed by atoms with van der Waals surface area (Å²) >= 11 is 5.97. The molecular formula is C24H24ClNO5. The number of aromatic nitrogens is 1. The summed E-state index contributed by atoms with van der Waals surface area (Å²) in [6.07, 6.45) is 1.92. The van der Waals surface area contributed by atoms with Gasteiger partial charge < -0.3 is 14.2 Å².